The molecule has 0 spiro atoms. The Hall–Kier alpha value is 1.56. The third-order valence-electron chi connectivity index (χ3n) is 0. The summed E-state index contributed by atoms with van der Waals surface area (Å²) in [6, 6.07) is 0. The van der Waals surface area contributed by atoms with Crippen molar-refractivity contribution in [1.29, 1.82) is 0 Å². The van der Waals surface area contributed by atoms with Gasteiger partial charge in [0, 0.05) is 0 Å². The number of hydrogen-bond acceptors (Lipinski definition) is 0. The normalized spacial score (nSPS) is 0. The maximum atomic E-state index is 0. The molecule has 0 aliphatic carbocycles. The molecular formula is C11H45Mn3+7. The SMILES string of the molecule is C.C.C.C.C.C.C.C.C.C.C.[H+].[Mn+2].[Mn+2].[Mn+2]. The van der Waals surface area contributed by atoms with Gasteiger partial charge in [-0.25, -0.2) is 0 Å². The third-order valence-corrected chi connectivity index (χ3v) is 0. The Balaban J connectivity index is 0. The van der Waals surface area contributed by atoms with E-state index in [-0.39, 0.29) is 134 Å². The fraction of sp³-hybridized carbons (Fsp3) is 1.00. The van der Waals surface area contributed by atoms with Crippen LogP contribution >= 0.6 is 0 Å². The Labute approximate surface area is 134 Å². The van der Waals surface area contributed by atoms with Crippen molar-refractivity contribution in [2.45, 2.75) is 81.7 Å². The first kappa shape index (κ1) is 1360. The molecular weight excluding hydrogens is 297 g/mol. The molecule has 0 bridgehead atoms. The second-order valence-corrected chi connectivity index (χ2v) is 0. The van der Waals surface area contributed by atoms with Gasteiger partial charge in [-0.3, -0.25) is 0 Å². The summed E-state index contributed by atoms with van der Waals surface area (Å²) in [4.78, 5) is 0. The van der Waals surface area contributed by atoms with Gasteiger partial charge in [0.25, 0.3) is 0 Å². The molecule has 0 aliphatic rings. The summed E-state index contributed by atoms with van der Waals surface area (Å²) in [6.07, 6.45) is 0. The van der Waals surface area contributed by atoms with Gasteiger partial charge < -0.3 is 0 Å². The molecule has 0 nitrogen and oxygen atoms in total. The van der Waals surface area contributed by atoms with Gasteiger partial charge in [-0.05, 0) is 0 Å². The van der Waals surface area contributed by atoms with Crippen molar-refractivity contribution in [2.24, 2.45) is 0 Å². The van der Waals surface area contributed by atoms with E-state index in [1.54, 1.807) is 0 Å². The summed E-state index contributed by atoms with van der Waals surface area (Å²) < 4.78 is 0. The Kier molecular flexibility index (Phi) is 107000. The van der Waals surface area contributed by atoms with Crippen LogP contribution in [-0.4, -0.2) is 0 Å². The van der Waals surface area contributed by atoms with Gasteiger partial charge in [0.15, 0.2) is 0 Å². The van der Waals surface area contributed by atoms with Crippen molar-refractivity contribution in [3.63, 3.8) is 0 Å². The largest absolute Gasteiger partial charge is 2.00 e. The third kappa shape index (κ3) is 880. The molecule has 0 aromatic carbocycles. The van der Waals surface area contributed by atoms with Crippen LogP contribution < -0.4 is 0 Å². The van der Waals surface area contributed by atoms with Crippen LogP contribution in [0.1, 0.15) is 83.1 Å². The Bertz CT molecular complexity index is 15.8. The molecule has 0 aromatic rings. The molecule has 0 amide bonds. The Morgan fingerprint density at radius 2 is 0.214 bits per heavy atom. The molecule has 3 radical (unpaired) electrons. The van der Waals surface area contributed by atoms with Crippen molar-refractivity contribution in [3.8, 4) is 0 Å². The van der Waals surface area contributed by atoms with E-state index < -0.39 is 0 Å². The van der Waals surface area contributed by atoms with Crippen LogP contribution in [0.2, 0.25) is 0 Å². The van der Waals surface area contributed by atoms with Crippen molar-refractivity contribution >= 4 is 0 Å². The zero-order valence-corrected chi connectivity index (χ0v) is 4.68. The Morgan fingerprint density at radius 1 is 0.214 bits per heavy atom. The van der Waals surface area contributed by atoms with Crippen LogP contribution in [0.15, 0.2) is 0 Å². The average molecular weight is 342 g/mol. The summed E-state index contributed by atoms with van der Waals surface area (Å²) in [5, 5.41) is 0. The minimum absolute atomic E-state index is 0. The summed E-state index contributed by atoms with van der Waals surface area (Å²) in [6.45, 7) is 0. The smallest absolute Gasteiger partial charge is 0.0776 e. The van der Waals surface area contributed by atoms with Crippen molar-refractivity contribution < 1.29 is 52.6 Å². The summed E-state index contributed by atoms with van der Waals surface area (Å²) >= 11 is 0. The molecule has 3 heteroatoms. The molecule has 0 fully saturated rings. The summed E-state index contributed by atoms with van der Waals surface area (Å²) in [5.74, 6) is 0. The first-order valence-corrected chi connectivity index (χ1v) is 0. The molecule has 0 atom stereocenters. The first-order chi connectivity index (χ1) is 0. The molecule has 0 saturated carbocycles. The van der Waals surface area contributed by atoms with E-state index in [1.807, 2.05) is 0 Å². The van der Waals surface area contributed by atoms with Crippen LogP contribution in [0.5, 0.6) is 0 Å². The fourth-order valence-corrected chi connectivity index (χ4v) is 0. The van der Waals surface area contributed by atoms with E-state index >= 15 is 0 Å². The second-order valence-electron chi connectivity index (χ2n) is 0. The van der Waals surface area contributed by atoms with Crippen LogP contribution in [-0.2, 0) is 51.2 Å². The van der Waals surface area contributed by atoms with Gasteiger partial charge in [0.1, 0.15) is 0 Å². The van der Waals surface area contributed by atoms with E-state index in [4.69, 9.17) is 0 Å². The molecule has 0 N–H and O–H groups in total. The molecule has 0 aromatic heterocycles. The van der Waals surface area contributed by atoms with Gasteiger partial charge in [-0.15, -0.1) is 0 Å². The number of rotatable bonds is 0. The predicted molar refractivity (Wildman–Crippen MR) is 75.2 cm³/mol. The van der Waals surface area contributed by atoms with Crippen molar-refractivity contribution in [2.75, 3.05) is 0 Å². The van der Waals surface area contributed by atoms with Crippen LogP contribution in [0.3, 0.4) is 0 Å². The predicted octanol–water partition coefficient (Wildman–Crippen LogP) is 7.10. The number of hydrogen-bond donors (Lipinski definition) is 0. The fourth-order valence-electron chi connectivity index (χ4n) is 0. The zero-order valence-electron chi connectivity index (χ0n) is 2.13. The van der Waals surface area contributed by atoms with Crippen LogP contribution in [0.25, 0.3) is 0 Å². The minimum Gasteiger partial charge on any atom is -0.0776 e. The maximum Gasteiger partial charge on any atom is 2.00 e. The summed E-state index contributed by atoms with van der Waals surface area (Å²) in [7, 11) is 0. The minimum atomic E-state index is 0. The molecule has 0 rings (SSSR count). The van der Waals surface area contributed by atoms with Gasteiger partial charge in [0.2, 0.25) is 0 Å². The Morgan fingerprint density at radius 3 is 0.214 bits per heavy atom. The van der Waals surface area contributed by atoms with Gasteiger partial charge >= 0.3 is 52.6 Å². The standard InChI is InChI=1S/11CH4.3Mn/h11*1H4;;;/q;;;;;;;;;;;3*+2/p+1. The average Bonchev–Trinajstić information content (AvgIpc) is 0. The second kappa shape index (κ2) is 1100. The first-order valence-electron chi connectivity index (χ1n) is 0. The topological polar surface area (TPSA) is 0 Å². The molecule has 0 unspecified atom stereocenters. The van der Waals surface area contributed by atoms with Gasteiger partial charge in [-0.1, -0.05) is 81.7 Å². The van der Waals surface area contributed by atoms with Gasteiger partial charge in [0.05, 0.1) is 0 Å². The molecule has 103 valence electrons. The van der Waals surface area contributed by atoms with E-state index in [9.17, 15) is 0 Å². The van der Waals surface area contributed by atoms with E-state index in [0.717, 1.165) is 0 Å². The molecule has 0 aliphatic heterocycles. The van der Waals surface area contributed by atoms with Crippen LogP contribution in [0.4, 0.5) is 0 Å². The summed E-state index contributed by atoms with van der Waals surface area (Å²) in [5.41, 5.74) is 0. The van der Waals surface area contributed by atoms with E-state index in [1.165, 1.54) is 0 Å². The van der Waals surface area contributed by atoms with E-state index in [2.05, 4.69) is 0 Å². The monoisotopic (exact) mass is 342 g/mol. The zero-order chi connectivity index (χ0) is 0. The maximum absolute atomic E-state index is 0. The van der Waals surface area contributed by atoms with Crippen molar-refractivity contribution in [1.82, 2.24) is 0 Å². The molecule has 14 heavy (non-hydrogen) atoms. The van der Waals surface area contributed by atoms with E-state index in [0.29, 0.717) is 0 Å². The quantitative estimate of drug-likeness (QED) is 0.412. The molecule has 0 saturated heterocycles. The van der Waals surface area contributed by atoms with Gasteiger partial charge in [-0.2, -0.15) is 0 Å². The van der Waals surface area contributed by atoms with Crippen LogP contribution in [0, 0.1) is 0 Å². The van der Waals surface area contributed by atoms with Crippen molar-refractivity contribution in [3.05, 3.63) is 0 Å². The molecule has 0 heterocycles.